The molecule has 0 fully saturated rings. The van der Waals surface area contributed by atoms with Crippen LogP contribution in [0.5, 0.6) is 5.75 Å². The molecule has 0 radical (unpaired) electrons. The largest absolute Gasteiger partial charge is 0.507 e. The van der Waals surface area contributed by atoms with E-state index < -0.39 is 0 Å². The highest BCUT2D eigenvalue weighted by molar-refractivity contribution is 14.1. The van der Waals surface area contributed by atoms with Crippen molar-refractivity contribution in [2.75, 3.05) is 5.32 Å². The SMILES string of the molecule is CCC(C)(C)[C@@H]1CCc2c(sc3c2C(=O)N[C@@H](c2ccc(O)c(I)c2)N3)C1. The molecule has 1 amide bonds. The average molecular weight is 496 g/mol. The summed E-state index contributed by atoms with van der Waals surface area (Å²) < 4.78 is 0.780. The number of halogens is 1. The molecule has 1 aliphatic heterocycles. The first-order valence-corrected chi connectivity index (χ1v) is 11.4. The lowest BCUT2D eigenvalue weighted by Gasteiger charge is -2.36. The summed E-state index contributed by atoms with van der Waals surface area (Å²) in [6, 6.07) is 5.44. The highest BCUT2D eigenvalue weighted by Gasteiger charge is 2.37. The Hall–Kier alpha value is -1.28. The van der Waals surface area contributed by atoms with E-state index in [-0.39, 0.29) is 17.8 Å². The lowest BCUT2D eigenvalue weighted by atomic mass is 9.69. The highest BCUT2D eigenvalue weighted by atomic mass is 127. The molecule has 0 bridgehead atoms. The van der Waals surface area contributed by atoms with Gasteiger partial charge < -0.3 is 15.7 Å². The summed E-state index contributed by atoms with van der Waals surface area (Å²) in [5.74, 6) is 0.952. The Kier molecular flexibility index (Phi) is 4.91. The molecule has 0 spiro atoms. The van der Waals surface area contributed by atoms with Gasteiger partial charge in [-0.15, -0.1) is 11.3 Å². The fraction of sp³-hybridized carbons (Fsp3) is 0.476. The van der Waals surface area contributed by atoms with Crippen LogP contribution < -0.4 is 10.6 Å². The predicted molar refractivity (Wildman–Crippen MR) is 119 cm³/mol. The molecule has 2 aromatic rings. The molecular formula is C21H25IN2O2S. The summed E-state index contributed by atoms with van der Waals surface area (Å²) in [5.41, 5.74) is 3.39. The average Bonchev–Trinajstić information content (AvgIpc) is 3.02. The summed E-state index contributed by atoms with van der Waals surface area (Å²) in [7, 11) is 0. The Morgan fingerprint density at radius 2 is 2.11 bits per heavy atom. The van der Waals surface area contributed by atoms with Crippen LogP contribution in [0.25, 0.3) is 0 Å². The van der Waals surface area contributed by atoms with Crippen LogP contribution >= 0.6 is 33.9 Å². The zero-order valence-electron chi connectivity index (χ0n) is 15.9. The molecule has 4 nitrogen and oxygen atoms in total. The zero-order valence-corrected chi connectivity index (χ0v) is 18.8. The number of fused-ring (bicyclic) bond motifs is 3. The van der Waals surface area contributed by atoms with E-state index in [1.54, 1.807) is 17.4 Å². The second kappa shape index (κ2) is 6.95. The van der Waals surface area contributed by atoms with Crippen molar-refractivity contribution in [3.05, 3.63) is 43.3 Å². The quantitative estimate of drug-likeness (QED) is 0.495. The fourth-order valence-corrected chi connectivity index (χ4v) is 6.02. The van der Waals surface area contributed by atoms with Gasteiger partial charge in [0, 0.05) is 4.88 Å². The van der Waals surface area contributed by atoms with Crippen LogP contribution in [-0.2, 0) is 12.8 Å². The summed E-state index contributed by atoms with van der Waals surface area (Å²) >= 11 is 3.86. The standard InChI is InChI=1S/C21H25IN2O2S/c1-4-21(2,3)12-6-7-13-16(10-12)27-20-17(13)19(26)23-18(24-20)11-5-8-15(25)14(22)9-11/h5,8-9,12,18,24-25H,4,6-7,10H2,1-3H3,(H,23,26)/t12-,18-/m1/s1. The number of benzene rings is 1. The number of carbonyl (C=O) groups is 1. The molecule has 3 N–H and O–H groups in total. The Labute approximate surface area is 177 Å². The Bertz CT molecular complexity index is 906. The Morgan fingerprint density at radius 3 is 2.81 bits per heavy atom. The van der Waals surface area contributed by atoms with Gasteiger partial charge in [-0.2, -0.15) is 0 Å². The van der Waals surface area contributed by atoms with Crippen LogP contribution in [-0.4, -0.2) is 11.0 Å². The molecular weight excluding hydrogens is 471 g/mol. The summed E-state index contributed by atoms with van der Waals surface area (Å²) in [4.78, 5) is 14.3. The van der Waals surface area contributed by atoms with E-state index in [1.165, 1.54) is 16.9 Å². The van der Waals surface area contributed by atoms with E-state index in [0.717, 1.165) is 39.0 Å². The minimum absolute atomic E-state index is 0.0162. The third kappa shape index (κ3) is 3.35. The number of phenolic OH excluding ortho intramolecular Hbond substituents is 1. The van der Waals surface area contributed by atoms with E-state index >= 15 is 0 Å². The molecule has 1 aliphatic carbocycles. The van der Waals surface area contributed by atoms with E-state index in [1.807, 2.05) is 12.1 Å². The molecule has 144 valence electrons. The molecule has 1 aromatic carbocycles. The molecule has 1 aromatic heterocycles. The van der Waals surface area contributed by atoms with Gasteiger partial charge in [-0.1, -0.05) is 33.3 Å². The van der Waals surface area contributed by atoms with Gasteiger partial charge in [0.25, 0.3) is 5.91 Å². The molecule has 4 rings (SSSR count). The maximum atomic E-state index is 12.9. The number of amides is 1. The maximum Gasteiger partial charge on any atom is 0.256 e. The molecule has 0 saturated heterocycles. The van der Waals surface area contributed by atoms with E-state index in [2.05, 4.69) is 54.0 Å². The number of anilines is 1. The second-order valence-corrected chi connectivity index (χ2v) is 10.5. The minimum atomic E-state index is -0.262. The van der Waals surface area contributed by atoms with Gasteiger partial charge in [0.1, 0.15) is 16.9 Å². The summed E-state index contributed by atoms with van der Waals surface area (Å²) in [6.07, 6.45) is 4.14. The number of carbonyl (C=O) groups excluding carboxylic acids is 1. The van der Waals surface area contributed by atoms with Crippen LogP contribution in [0.2, 0.25) is 0 Å². The number of aromatic hydroxyl groups is 1. The minimum Gasteiger partial charge on any atom is -0.507 e. The highest BCUT2D eigenvalue weighted by Crippen LogP contribution is 2.47. The molecule has 6 heteroatoms. The van der Waals surface area contributed by atoms with Gasteiger partial charge in [0.2, 0.25) is 0 Å². The Morgan fingerprint density at radius 1 is 1.33 bits per heavy atom. The van der Waals surface area contributed by atoms with Crippen LogP contribution in [0, 0.1) is 14.9 Å². The summed E-state index contributed by atoms with van der Waals surface area (Å²) in [5, 5.41) is 17.4. The van der Waals surface area contributed by atoms with Crippen molar-refractivity contribution in [1.29, 1.82) is 0 Å². The van der Waals surface area contributed by atoms with Crippen molar-refractivity contribution in [1.82, 2.24) is 5.32 Å². The van der Waals surface area contributed by atoms with Gasteiger partial charge in [0.15, 0.2) is 0 Å². The third-order valence-electron chi connectivity index (χ3n) is 6.36. The van der Waals surface area contributed by atoms with Crippen LogP contribution in [0.4, 0.5) is 5.00 Å². The number of nitrogens with one attached hydrogen (secondary N) is 2. The monoisotopic (exact) mass is 496 g/mol. The number of hydrogen-bond donors (Lipinski definition) is 3. The first-order valence-electron chi connectivity index (χ1n) is 9.50. The zero-order chi connectivity index (χ0) is 19.3. The number of phenols is 1. The fourth-order valence-electron chi connectivity index (χ4n) is 4.12. The van der Waals surface area contributed by atoms with E-state index in [9.17, 15) is 9.90 Å². The smallest absolute Gasteiger partial charge is 0.256 e. The van der Waals surface area contributed by atoms with Crippen LogP contribution in [0.3, 0.4) is 0 Å². The molecule has 2 aliphatic rings. The molecule has 0 unspecified atom stereocenters. The number of hydrogen-bond acceptors (Lipinski definition) is 4. The van der Waals surface area contributed by atoms with E-state index in [4.69, 9.17) is 0 Å². The number of rotatable bonds is 3. The van der Waals surface area contributed by atoms with Crippen molar-refractivity contribution in [2.45, 2.75) is 52.6 Å². The Balaban J connectivity index is 1.63. The van der Waals surface area contributed by atoms with Crippen molar-refractivity contribution in [2.24, 2.45) is 11.3 Å². The van der Waals surface area contributed by atoms with Gasteiger partial charge in [-0.25, -0.2) is 0 Å². The van der Waals surface area contributed by atoms with Crippen molar-refractivity contribution < 1.29 is 9.90 Å². The van der Waals surface area contributed by atoms with Gasteiger partial charge in [0.05, 0.1) is 9.13 Å². The topological polar surface area (TPSA) is 61.4 Å². The molecule has 2 heterocycles. The van der Waals surface area contributed by atoms with Crippen molar-refractivity contribution >= 4 is 44.8 Å². The maximum absolute atomic E-state index is 12.9. The first-order chi connectivity index (χ1) is 12.8. The van der Waals surface area contributed by atoms with Crippen molar-refractivity contribution in [3.63, 3.8) is 0 Å². The summed E-state index contributed by atoms with van der Waals surface area (Å²) in [6.45, 7) is 7.00. The molecule has 2 atom stereocenters. The van der Waals surface area contributed by atoms with E-state index in [0.29, 0.717) is 11.3 Å². The van der Waals surface area contributed by atoms with Crippen molar-refractivity contribution in [3.8, 4) is 5.75 Å². The predicted octanol–water partition coefficient (Wildman–Crippen LogP) is 5.45. The van der Waals surface area contributed by atoms with Crippen LogP contribution in [0.15, 0.2) is 18.2 Å². The van der Waals surface area contributed by atoms with Gasteiger partial charge >= 0.3 is 0 Å². The van der Waals surface area contributed by atoms with Gasteiger partial charge in [-0.05, 0) is 76.4 Å². The lowest BCUT2D eigenvalue weighted by molar-refractivity contribution is 0.0934. The van der Waals surface area contributed by atoms with Gasteiger partial charge in [-0.3, -0.25) is 4.79 Å². The first kappa shape index (κ1) is 19.1. The number of thiophene rings is 1. The molecule has 27 heavy (non-hydrogen) atoms. The lowest BCUT2D eigenvalue weighted by Crippen LogP contribution is -2.38. The normalized spacial score (nSPS) is 21.9. The van der Waals surface area contributed by atoms with Crippen LogP contribution in [0.1, 0.15) is 66.1 Å². The third-order valence-corrected chi connectivity index (χ3v) is 8.41. The molecule has 0 saturated carbocycles. The second-order valence-electron chi connectivity index (χ2n) is 8.25.